The summed E-state index contributed by atoms with van der Waals surface area (Å²) in [6.45, 7) is 0.718. The van der Waals surface area contributed by atoms with Crippen LogP contribution in [-0.4, -0.2) is 21.7 Å². The van der Waals surface area contributed by atoms with Gasteiger partial charge in [-0.3, -0.25) is 19.5 Å². The van der Waals surface area contributed by atoms with E-state index >= 15 is 0 Å². The van der Waals surface area contributed by atoms with Gasteiger partial charge in [0.05, 0.1) is 12.1 Å². The number of nitrogens with two attached hydrogens (primary N) is 1. The van der Waals surface area contributed by atoms with E-state index in [-0.39, 0.29) is 24.1 Å². The molecule has 0 aliphatic carbocycles. The van der Waals surface area contributed by atoms with E-state index in [0.717, 1.165) is 11.1 Å². The van der Waals surface area contributed by atoms with Crippen molar-refractivity contribution in [3.05, 3.63) is 65.0 Å². The lowest BCUT2D eigenvalue weighted by molar-refractivity contribution is 0.0640. The number of imide groups is 1. The van der Waals surface area contributed by atoms with Gasteiger partial charge in [0.15, 0.2) is 0 Å². The van der Waals surface area contributed by atoms with Crippen molar-refractivity contribution in [1.82, 2.24) is 9.88 Å². The van der Waals surface area contributed by atoms with Crippen molar-refractivity contribution >= 4 is 11.8 Å². The van der Waals surface area contributed by atoms with Gasteiger partial charge in [0.2, 0.25) is 0 Å². The van der Waals surface area contributed by atoms with E-state index in [1.807, 2.05) is 24.3 Å². The number of benzene rings is 1. The molecule has 2 amide bonds. The fourth-order valence-electron chi connectivity index (χ4n) is 2.22. The monoisotopic (exact) mass is 267 g/mol. The number of rotatable bonds is 3. The lowest BCUT2D eigenvalue weighted by Gasteiger charge is -2.13. The first kappa shape index (κ1) is 12.5. The van der Waals surface area contributed by atoms with E-state index in [4.69, 9.17) is 5.73 Å². The maximum atomic E-state index is 12.2. The van der Waals surface area contributed by atoms with Crippen LogP contribution in [0.1, 0.15) is 32.0 Å². The number of hydrogen-bond acceptors (Lipinski definition) is 4. The molecule has 0 bridgehead atoms. The number of hydrogen-bond donors (Lipinski definition) is 1. The zero-order valence-electron chi connectivity index (χ0n) is 10.7. The van der Waals surface area contributed by atoms with E-state index in [0.29, 0.717) is 12.1 Å². The minimum absolute atomic E-state index is 0.232. The Kier molecular flexibility index (Phi) is 3.04. The van der Waals surface area contributed by atoms with Gasteiger partial charge in [-0.05, 0) is 23.3 Å². The van der Waals surface area contributed by atoms with E-state index in [1.165, 1.54) is 11.1 Å². The molecule has 0 radical (unpaired) electrons. The predicted molar refractivity (Wildman–Crippen MR) is 72.8 cm³/mol. The van der Waals surface area contributed by atoms with Gasteiger partial charge in [-0.15, -0.1) is 0 Å². The molecular weight excluding hydrogens is 254 g/mol. The third kappa shape index (κ3) is 1.98. The summed E-state index contributed by atoms with van der Waals surface area (Å²) in [6, 6.07) is 10.8. The lowest BCUT2D eigenvalue weighted by Crippen LogP contribution is -2.29. The smallest absolute Gasteiger partial charge is 0.280 e. The van der Waals surface area contributed by atoms with E-state index in [1.54, 1.807) is 12.1 Å². The molecule has 1 aliphatic heterocycles. The lowest BCUT2D eigenvalue weighted by atomic mass is 10.1. The molecule has 2 heterocycles. The highest BCUT2D eigenvalue weighted by molar-refractivity contribution is 6.20. The third-order valence-corrected chi connectivity index (χ3v) is 3.33. The Labute approximate surface area is 116 Å². The number of fused-ring (bicyclic) bond motifs is 1. The summed E-state index contributed by atoms with van der Waals surface area (Å²) in [5, 5.41) is 0. The van der Waals surface area contributed by atoms with Crippen LogP contribution < -0.4 is 5.73 Å². The second-order valence-electron chi connectivity index (χ2n) is 4.62. The van der Waals surface area contributed by atoms with Crippen LogP contribution in [0.25, 0.3) is 0 Å². The first-order valence-corrected chi connectivity index (χ1v) is 6.30. The summed E-state index contributed by atoms with van der Waals surface area (Å²) in [7, 11) is 0. The standard InChI is InChI=1S/C15H13N3O2/c16-8-10-3-5-11(6-4-10)9-18-14(19)12-2-1-7-17-13(12)15(18)20/h1-7H,8-9,16H2. The molecule has 3 rings (SSSR count). The van der Waals surface area contributed by atoms with E-state index in [2.05, 4.69) is 4.98 Å². The second kappa shape index (κ2) is 4.86. The molecule has 20 heavy (non-hydrogen) atoms. The molecule has 2 aromatic rings. The molecule has 2 N–H and O–H groups in total. The largest absolute Gasteiger partial charge is 0.326 e. The number of pyridine rings is 1. The van der Waals surface area contributed by atoms with Crippen molar-refractivity contribution in [2.24, 2.45) is 5.73 Å². The van der Waals surface area contributed by atoms with Crippen LogP contribution in [-0.2, 0) is 13.1 Å². The fourth-order valence-corrected chi connectivity index (χ4v) is 2.22. The van der Waals surface area contributed by atoms with Crippen LogP contribution in [0.15, 0.2) is 42.6 Å². The molecule has 0 atom stereocenters. The maximum Gasteiger partial charge on any atom is 0.280 e. The molecule has 100 valence electrons. The molecule has 1 aliphatic rings. The topological polar surface area (TPSA) is 76.3 Å². The van der Waals surface area contributed by atoms with Gasteiger partial charge in [0.1, 0.15) is 5.69 Å². The zero-order chi connectivity index (χ0) is 14.1. The molecule has 1 aromatic carbocycles. The first-order valence-electron chi connectivity index (χ1n) is 6.30. The minimum Gasteiger partial charge on any atom is -0.326 e. The molecular formula is C15H13N3O2. The fraction of sp³-hybridized carbons (Fsp3) is 0.133. The van der Waals surface area contributed by atoms with Crippen LogP contribution in [0.5, 0.6) is 0 Å². The van der Waals surface area contributed by atoms with Gasteiger partial charge in [0.25, 0.3) is 11.8 Å². The van der Waals surface area contributed by atoms with Crippen LogP contribution in [0.2, 0.25) is 0 Å². The number of carbonyl (C=O) groups excluding carboxylic acids is 2. The number of carbonyl (C=O) groups is 2. The zero-order valence-corrected chi connectivity index (χ0v) is 10.7. The average Bonchev–Trinajstić information content (AvgIpc) is 2.74. The maximum absolute atomic E-state index is 12.2. The SMILES string of the molecule is NCc1ccc(CN2C(=O)c3cccnc3C2=O)cc1. The summed E-state index contributed by atoms with van der Waals surface area (Å²) in [5.41, 5.74) is 8.04. The number of aromatic nitrogens is 1. The third-order valence-electron chi connectivity index (χ3n) is 3.33. The molecule has 0 saturated carbocycles. The second-order valence-corrected chi connectivity index (χ2v) is 4.62. The predicted octanol–water partition coefficient (Wildman–Crippen LogP) is 1.34. The van der Waals surface area contributed by atoms with Crippen LogP contribution in [0.3, 0.4) is 0 Å². The Hall–Kier alpha value is -2.53. The Balaban J connectivity index is 1.85. The molecule has 5 nitrogen and oxygen atoms in total. The highest BCUT2D eigenvalue weighted by Gasteiger charge is 2.36. The Bertz CT molecular complexity index is 645. The first-order chi connectivity index (χ1) is 9.70. The summed E-state index contributed by atoms with van der Waals surface area (Å²) >= 11 is 0. The Morgan fingerprint density at radius 2 is 1.70 bits per heavy atom. The summed E-state index contributed by atoms with van der Waals surface area (Å²) in [4.78, 5) is 29.5. The summed E-state index contributed by atoms with van der Waals surface area (Å²) < 4.78 is 0. The van der Waals surface area contributed by atoms with Crippen molar-refractivity contribution in [2.75, 3.05) is 0 Å². The molecule has 0 spiro atoms. The minimum atomic E-state index is -0.339. The van der Waals surface area contributed by atoms with Gasteiger partial charge in [-0.2, -0.15) is 0 Å². The van der Waals surface area contributed by atoms with Crippen LogP contribution in [0.4, 0.5) is 0 Å². The quantitative estimate of drug-likeness (QED) is 0.851. The average molecular weight is 267 g/mol. The van der Waals surface area contributed by atoms with Crippen molar-refractivity contribution < 1.29 is 9.59 Å². The van der Waals surface area contributed by atoms with E-state index in [9.17, 15) is 9.59 Å². The van der Waals surface area contributed by atoms with Crippen LogP contribution >= 0.6 is 0 Å². The van der Waals surface area contributed by atoms with Crippen molar-refractivity contribution in [1.29, 1.82) is 0 Å². The van der Waals surface area contributed by atoms with Gasteiger partial charge < -0.3 is 5.73 Å². The number of nitrogens with zero attached hydrogens (tertiary/aromatic N) is 2. The Morgan fingerprint density at radius 1 is 1.00 bits per heavy atom. The highest BCUT2D eigenvalue weighted by atomic mass is 16.2. The van der Waals surface area contributed by atoms with Crippen LogP contribution in [0, 0.1) is 0 Å². The number of amides is 2. The molecule has 5 heteroatoms. The molecule has 0 unspecified atom stereocenters. The summed E-state index contributed by atoms with van der Waals surface area (Å²) in [6.07, 6.45) is 1.52. The van der Waals surface area contributed by atoms with Gasteiger partial charge in [-0.25, -0.2) is 0 Å². The molecule has 1 aromatic heterocycles. The van der Waals surface area contributed by atoms with Crippen molar-refractivity contribution in [3.8, 4) is 0 Å². The van der Waals surface area contributed by atoms with E-state index < -0.39 is 0 Å². The van der Waals surface area contributed by atoms with Crippen molar-refractivity contribution in [3.63, 3.8) is 0 Å². The van der Waals surface area contributed by atoms with Gasteiger partial charge in [-0.1, -0.05) is 24.3 Å². The normalized spacial score (nSPS) is 13.8. The molecule has 0 fully saturated rings. The Morgan fingerprint density at radius 3 is 2.35 bits per heavy atom. The summed E-state index contributed by atoms with van der Waals surface area (Å²) in [5.74, 6) is -0.630. The molecule has 0 saturated heterocycles. The van der Waals surface area contributed by atoms with Gasteiger partial charge in [0, 0.05) is 12.7 Å². The van der Waals surface area contributed by atoms with Crippen molar-refractivity contribution in [2.45, 2.75) is 13.1 Å². The van der Waals surface area contributed by atoms with Gasteiger partial charge >= 0.3 is 0 Å². The highest BCUT2D eigenvalue weighted by Crippen LogP contribution is 2.22.